The average Bonchev–Trinajstić information content (AvgIpc) is 3.27. The van der Waals surface area contributed by atoms with Gasteiger partial charge in [0.25, 0.3) is 0 Å². The van der Waals surface area contributed by atoms with Crippen LogP contribution in [-0.4, -0.2) is 60.2 Å². The van der Waals surface area contributed by atoms with Gasteiger partial charge < -0.3 is 26.4 Å². The second kappa shape index (κ2) is 11.8. The number of anilines is 3. The maximum absolute atomic E-state index is 13.9. The van der Waals surface area contributed by atoms with Crippen molar-refractivity contribution in [2.45, 2.75) is 70.5 Å². The molecule has 1 aromatic carbocycles. The summed E-state index contributed by atoms with van der Waals surface area (Å²) in [7, 11) is 0. The molecule has 0 bridgehead atoms. The fourth-order valence-electron chi connectivity index (χ4n) is 6.18. The number of carboxylic acid groups (broad SMARTS) is 1. The van der Waals surface area contributed by atoms with Gasteiger partial charge >= 0.3 is 6.09 Å². The Kier molecular flexibility index (Phi) is 8.42. The summed E-state index contributed by atoms with van der Waals surface area (Å²) in [6, 6.07) is 1.85. The fourth-order valence-corrected chi connectivity index (χ4v) is 6.73. The number of rotatable bonds is 7. The van der Waals surface area contributed by atoms with E-state index in [1.807, 2.05) is 18.4 Å². The van der Waals surface area contributed by atoms with E-state index in [1.165, 1.54) is 17.0 Å². The molecule has 1 aliphatic heterocycles. The number of nitrogens with two attached hydrogens (primary N) is 1. The van der Waals surface area contributed by atoms with Gasteiger partial charge in [-0.3, -0.25) is 9.36 Å². The molecule has 2 atom stereocenters. The first-order chi connectivity index (χ1) is 19.5. The third-order valence-electron chi connectivity index (χ3n) is 8.07. The smallest absolute Gasteiger partial charge is 0.407 e. The molecule has 5 N–H and O–H groups in total. The van der Waals surface area contributed by atoms with E-state index in [2.05, 4.69) is 15.6 Å². The zero-order valence-corrected chi connectivity index (χ0v) is 24.3. The monoisotopic (exact) mass is 606 g/mol. The van der Waals surface area contributed by atoms with Gasteiger partial charge in [-0.05, 0) is 56.6 Å². The Bertz CT molecular complexity index is 1440. The molecule has 2 fully saturated rings. The number of primary amides is 1. The predicted molar refractivity (Wildman–Crippen MR) is 155 cm³/mol. The van der Waals surface area contributed by atoms with Crippen molar-refractivity contribution in [3.63, 3.8) is 0 Å². The van der Waals surface area contributed by atoms with Crippen LogP contribution in [-0.2, 0) is 4.79 Å². The molecule has 3 heterocycles. The molecule has 3 aromatic rings. The maximum Gasteiger partial charge on any atom is 0.407 e. The summed E-state index contributed by atoms with van der Waals surface area (Å²) in [6.07, 6.45) is 4.74. The van der Waals surface area contributed by atoms with Gasteiger partial charge in [0.2, 0.25) is 17.8 Å². The van der Waals surface area contributed by atoms with Gasteiger partial charge in [-0.1, -0.05) is 37.0 Å². The molecule has 0 radical (unpaired) electrons. The van der Waals surface area contributed by atoms with E-state index in [9.17, 15) is 19.1 Å². The maximum atomic E-state index is 13.9. The highest BCUT2D eigenvalue weighted by Crippen LogP contribution is 2.39. The number of benzene rings is 1. The van der Waals surface area contributed by atoms with Crippen LogP contribution in [0.1, 0.15) is 58.4 Å². The minimum absolute atomic E-state index is 0.0700. The third kappa shape index (κ3) is 5.99. The molecule has 2 aliphatic rings. The molecule has 1 saturated carbocycles. The fraction of sp³-hybridized carbons (Fsp3) is 0.519. The van der Waals surface area contributed by atoms with Crippen LogP contribution in [0.5, 0.6) is 0 Å². The summed E-state index contributed by atoms with van der Waals surface area (Å²) < 4.78 is 15.8. The molecule has 41 heavy (non-hydrogen) atoms. The van der Waals surface area contributed by atoms with E-state index in [4.69, 9.17) is 38.9 Å². The Hall–Kier alpha value is -3.38. The van der Waals surface area contributed by atoms with Crippen molar-refractivity contribution in [1.82, 2.24) is 24.4 Å². The van der Waals surface area contributed by atoms with E-state index in [-0.39, 0.29) is 45.9 Å². The normalized spacial score (nSPS) is 23.1. The van der Waals surface area contributed by atoms with Crippen molar-refractivity contribution in [3.8, 4) is 0 Å². The molecule has 5 rings (SSSR count). The third-order valence-corrected chi connectivity index (χ3v) is 8.67. The van der Waals surface area contributed by atoms with Crippen LogP contribution in [0, 0.1) is 17.7 Å². The Morgan fingerprint density at radius 3 is 2.41 bits per heavy atom. The predicted octanol–water partition coefficient (Wildman–Crippen LogP) is 5.81. The standard InChI is InChI=1S/C27H33Cl2FN8O3/c1-13(2)22-19(4-3-9-37(22)27(40)41)33-25-32-12-20-24(36-25)38(16-7-5-14(6-8-16)23(31)39)26(34-20)35-21-17(28)10-15(30)11-18(21)29/h10-14,16,19,22H,3-9H2,1-2H3,(H2,31,39)(H,34,35)(H,40,41)(H,32,33,36). The van der Waals surface area contributed by atoms with Gasteiger partial charge in [0, 0.05) is 24.5 Å². The molecule has 2 unspecified atom stereocenters. The lowest BCUT2D eigenvalue weighted by Crippen LogP contribution is -2.55. The van der Waals surface area contributed by atoms with Gasteiger partial charge in [0.05, 0.1) is 28.0 Å². The van der Waals surface area contributed by atoms with Gasteiger partial charge in [0.1, 0.15) is 11.3 Å². The number of carbonyl (C=O) groups is 2. The second-order valence-electron chi connectivity index (χ2n) is 11.1. The summed E-state index contributed by atoms with van der Waals surface area (Å²) in [5.41, 5.74) is 6.94. The molecule has 1 saturated heterocycles. The molecular formula is C27H33Cl2FN8O3. The number of amides is 2. The number of hydrogen-bond donors (Lipinski definition) is 4. The van der Waals surface area contributed by atoms with Crippen LogP contribution < -0.4 is 16.4 Å². The van der Waals surface area contributed by atoms with Gasteiger partial charge in [-0.25, -0.2) is 19.2 Å². The highest BCUT2D eigenvalue weighted by Gasteiger charge is 2.37. The Balaban J connectivity index is 1.52. The second-order valence-corrected chi connectivity index (χ2v) is 11.9. The number of imidazole rings is 1. The number of nitrogens with zero attached hydrogens (tertiary/aromatic N) is 5. The number of aromatic nitrogens is 4. The van der Waals surface area contributed by atoms with Crippen molar-refractivity contribution in [3.05, 3.63) is 34.2 Å². The number of hydrogen-bond acceptors (Lipinski definition) is 7. The molecule has 2 amide bonds. The Morgan fingerprint density at radius 2 is 1.80 bits per heavy atom. The van der Waals surface area contributed by atoms with E-state index in [0.29, 0.717) is 61.0 Å². The summed E-state index contributed by atoms with van der Waals surface area (Å²) in [4.78, 5) is 39.3. The van der Waals surface area contributed by atoms with Crippen molar-refractivity contribution in [2.24, 2.45) is 17.6 Å². The summed E-state index contributed by atoms with van der Waals surface area (Å²) in [5.74, 6) is -0.217. The van der Waals surface area contributed by atoms with E-state index in [1.54, 1.807) is 6.20 Å². The van der Waals surface area contributed by atoms with E-state index < -0.39 is 11.9 Å². The van der Waals surface area contributed by atoms with Crippen LogP contribution in [0.4, 0.5) is 26.8 Å². The summed E-state index contributed by atoms with van der Waals surface area (Å²) in [5, 5.41) is 16.5. The number of likely N-dealkylation sites (tertiary alicyclic amines) is 1. The SMILES string of the molecule is CC(C)C1C(Nc2ncc3nc(Nc4c(Cl)cc(F)cc4Cl)n(C4CCC(C(N)=O)CC4)c3n2)CCCN1C(=O)O. The first-order valence-electron chi connectivity index (χ1n) is 13.8. The first kappa shape index (κ1) is 29.1. The van der Waals surface area contributed by atoms with Gasteiger partial charge in [-0.15, -0.1) is 0 Å². The number of carbonyl (C=O) groups excluding carboxylic acids is 1. The number of piperidine rings is 1. The molecule has 11 nitrogen and oxygen atoms in total. The minimum atomic E-state index is -0.940. The first-order valence-corrected chi connectivity index (χ1v) is 14.5. The van der Waals surface area contributed by atoms with Crippen LogP contribution in [0.3, 0.4) is 0 Å². The van der Waals surface area contributed by atoms with Crippen molar-refractivity contribution < 1.29 is 19.1 Å². The molecular weight excluding hydrogens is 574 g/mol. The Morgan fingerprint density at radius 1 is 1.12 bits per heavy atom. The summed E-state index contributed by atoms with van der Waals surface area (Å²) in [6.45, 7) is 4.50. The molecule has 1 aliphatic carbocycles. The molecule has 220 valence electrons. The average molecular weight is 608 g/mol. The highest BCUT2D eigenvalue weighted by atomic mass is 35.5. The molecule has 14 heteroatoms. The van der Waals surface area contributed by atoms with E-state index in [0.717, 1.165) is 12.8 Å². The van der Waals surface area contributed by atoms with Crippen molar-refractivity contribution in [2.75, 3.05) is 17.2 Å². The number of nitrogens with one attached hydrogen (secondary N) is 2. The van der Waals surface area contributed by atoms with Crippen molar-refractivity contribution >= 4 is 64.0 Å². The lowest BCUT2D eigenvalue weighted by atomic mass is 9.85. The van der Waals surface area contributed by atoms with Gasteiger partial charge in [0.15, 0.2) is 5.65 Å². The van der Waals surface area contributed by atoms with Crippen molar-refractivity contribution in [1.29, 1.82) is 0 Å². The minimum Gasteiger partial charge on any atom is -0.465 e. The van der Waals surface area contributed by atoms with Crippen LogP contribution >= 0.6 is 23.2 Å². The lowest BCUT2D eigenvalue weighted by Gasteiger charge is -2.42. The zero-order valence-electron chi connectivity index (χ0n) is 22.8. The van der Waals surface area contributed by atoms with E-state index >= 15 is 0 Å². The number of fused-ring (bicyclic) bond motifs is 1. The Labute approximate surface area is 246 Å². The lowest BCUT2D eigenvalue weighted by molar-refractivity contribution is -0.122. The van der Waals surface area contributed by atoms with Crippen LogP contribution in [0.2, 0.25) is 10.0 Å². The molecule has 2 aromatic heterocycles. The van der Waals surface area contributed by atoms with Crippen LogP contribution in [0.15, 0.2) is 18.3 Å². The number of halogens is 3. The highest BCUT2D eigenvalue weighted by molar-refractivity contribution is 6.39. The quantitative estimate of drug-likeness (QED) is 0.263. The van der Waals surface area contributed by atoms with Crippen LogP contribution in [0.25, 0.3) is 11.2 Å². The topological polar surface area (TPSA) is 151 Å². The zero-order chi connectivity index (χ0) is 29.4. The molecule has 0 spiro atoms. The van der Waals surface area contributed by atoms with Gasteiger partial charge in [-0.2, -0.15) is 4.98 Å². The largest absolute Gasteiger partial charge is 0.465 e. The summed E-state index contributed by atoms with van der Waals surface area (Å²) >= 11 is 12.6.